The number of carbonyl (C=O) groups is 2. The average Bonchev–Trinajstić information content (AvgIpc) is 3.27. The van der Waals surface area contributed by atoms with Crippen molar-refractivity contribution in [3.05, 3.63) is 93.8 Å². The van der Waals surface area contributed by atoms with Gasteiger partial charge in [-0.05, 0) is 66.4 Å². The maximum atomic E-state index is 13.5. The Labute approximate surface area is 218 Å². The molecular weight excluding hydrogens is 520 g/mol. The van der Waals surface area contributed by atoms with E-state index in [9.17, 15) is 18.0 Å². The fourth-order valence-corrected chi connectivity index (χ4v) is 6.15. The van der Waals surface area contributed by atoms with Crippen molar-refractivity contribution in [2.24, 2.45) is 0 Å². The van der Waals surface area contributed by atoms with Crippen molar-refractivity contribution in [3.8, 4) is 0 Å². The fraction of sp³-hybridized carbons (Fsp3) is 0.154. The summed E-state index contributed by atoms with van der Waals surface area (Å²) < 4.78 is 33.7. The van der Waals surface area contributed by atoms with Crippen LogP contribution in [0.2, 0.25) is 5.02 Å². The molecule has 4 rings (SSSR count). The van der Waals surface area contributed by atoms with Crippen LogP contribution in [0.3, 0.4) is 0 Å². The Kier molecular flexibility index (Phi) is 7.75. The highest BCUT2D eigenvalue weighted by atomic mass is 35.5. The van der Waals surface area contributed by atoms with Gasteiger partial charge in [-0.3, -0.25) is 4.79 Å². The Hall–Kier alpha value is -3.24. The first-order valence-corrected chi connectivity index (χ1v) is 13.5. The fourth-order valence-electron chi connectivity index (χ4n) is 3.68. The predicted octanol–water partition coefficient (Wildman–Crippen LogP) is 5.48. The number of nitrogens with zero attached hydrogens (tertiary/aromatic N) is 1. The lowest BCUT2D eigenvalue weighted by Gasteiger charge is -2.22. The first-order chi connectivity index (χ1) is 17.2. The third kappa shape index (κ3) is 5.93. The number of thiophene rings is 1. The summed E-state index contributed by atoms with van der Waals surface area (Å²) in [4.78, 5) is 25.3. The number of halogens is 1. The molecule has 0 saturated carbocycles. The Morgan fingerprint density at radius 1 is 1.03 bits per heavy atom. The molecule has 0 radical (unpaired) electrons. The number of ether oxygens (including phenoxy) is 1. The number of methoxy groups -OCH3 is 1. The first-order valence-electron chi connectivity index (χ1n) is 10.9. The van der Waals surface area contributed by atoms with Crippen LogP contribution in [0.25, 0.3) is 10.1 Å². The van der Waals surface area contributed by atoms with E-state index in [2.05, 4.69) is 5.32 Å². The number of benzene rings is 3. The second kappa shape index (κ2) is 10.8. The maximum absolute atomic E-state index is 13.5. The second-order valence-corrected chi connectivity index (χ2v) is 11.6. The highest BCUT2D eigenvalue weighted by molar-refractivity contribution is 7.89. The summed E-state index contributed by atoms with van der Waals surface area (Å²) in [5, 5.41) is 3.95. The molecule has 0 spiro atoms. The zero-order chi connectivity index (χ0) is 25.9. The molecule has 0 bridgehead atoms. The predicted molar refractivity (Wildman–Crippen MR) is 142 cm³/mol. The summed E-state index contributed by atoms with van der Waals surface area (Å²) in [5.41, 5.74) is 2.23. The molecule has 1 heterocycles. The summed E-state index contributed by atoms with van der Waals surface area (Å²) in [6, 6.07) is 20.2. The summed E-state index contributed by atoms with van der Waals surface area (Å²) >= 11 is 7.22. The van der Waals surface area contributed by atoms with E-state index in [-0.39, 0.29) is 11.4 Å². The molecule has 0 aliphatic heterocycles. The van der Waals surface area contributed by atoms with Crippen molar-refractivity contribution in [1.82, 2.24) is 4.31 Å². The molecule has 1 aromatic heterocycles. The van der Waals surface area contributed by atoms with Gasteiger partial charge in [0, 0.05) is 22.0 Å². The van der Waals surface area contributed by atoms with Gasteiger partial charge >= 0.3 is 5.97 Å². The molecule has 0 fully saturated rings. The largest absolute Gasteiger partial charge is 0.465 e. The van der Waals surface area contributed by atoms with Crippen molar-refractivity contribution in [3.63, 3.8) is 0 Å². The van der Waals surface area contributed by atoms with Crippen molar-refractivity contribution in [2.75, 3.05) is 19.0 Å². The highest BCUT2D eigenvalue weighted by Gasteiger charge is 2.27. The van der Waals surface area contributed by atoms with E-state index < -0.39 is 28.4 Å². The Morgan fingerprint density at radius 2 is 1.78 bits per heavy atom. The molecular formula is C26H23ClN2O5S2. The van der Waals surface area contributed by atoms with Crippen molar-refractivity contribution in [2.45, 2.75) is 18.4 Å². The molecule has 0 atom stereocenters. The standard InChI is InChI=1S/C26H23ClN2O5S2/c1-17-4-3-5-18(12-17)15-29(36(32,33)22-9-6-20(27)7-10-22)16-25(30)28-21-8-11-23-19(13-21)14-24(35-23)26(31)34-2/h3-14H,15-16H2,1-2H3,(H,28,30). The lowest BCUT2D eigenvalue weighted by atomic mass is 10.1. The molecule has 0 aliphatic carbocycles. The first kappa shape index (κ1) is 25.8. The number of aryl methyl sites for hydroxylation is 1. The van der Waals surface area contributed by atoms with Gasteiger partial charge in [0.1, 0.15) is 4.88 Å². The Balaban J connectivity index is 1.58. The number of hydrogen-bond acceptors (Lipinski definition) is 6. The summed E-state index contributed by atoms with van der Waals surface area (Å²) in [6.07, 6.45) is 0. The van der Waals surface area contributed by atoms with Gasteiger partial charge in [-0.2, -0.15) is 4.31 Å². The Bertz CT molecular complexity index is 1530. The molecule has 0 unspecified atom stereocenters. The number of anilines is 1. The van der Waals surface area contributed by atoms with Crippen LogP contribution in [0.1, 0.15) is 20.8 Å². The monoisotopic (exact) mass is 542 g/mol. The van der Waals surface area contributed by atoms with Gasteiger partial charge in [0.2, 0.25) is 15.9 Å². The smallest absolute Gasteiger partial charge is 0.348 e. The van der Waals surface area contributed by atoms with Gasteiger partial charge in [0.25, 0.3) is 0 Å². The number of fused-ring (bicyclic) bond motifs is 1. The topological polar surface area (TPSA) is 92.8 Å². The zero-order valence-corrected chi connectivity index (χ0v) is 21.9. The van der Waals surface area contributed by atoms with Gasteiger partial charge in [0.05, 0.1) is 18.6 Å². The number of rotatable bonds is 8. The third-order valence-corrected chi connectivity index (χ3v) is 8.55. The van der Waals surface area contributed by atoms with E-state index in [0.717, 1.165) is 25.5 Å². The van der Waals surface area contributed by atoms with Crippen LogP contribution < -0.4 is 5.32 Å². The average molecular weight is 543 g/mol. The maximum Gasteiger partial charge on any atom is 0.348 e. The van der Waals surface area contributed by atoms with Crippen LogP contribution in [0, 0.1) is 6.92 Å². The van der Waals surface area contributed by atoms with Crippen LogP contribution in [0.4, 0.5) is 5.69 Å². The quantitative estimate of drug-likeness (QED) is 0.298. The lowest BCUT2D eigenvalue weighted by Crippen LogP contribution is -2.37. The number of amides is 1. The van der Waals surface area contributed by atoms with E-state index in [1.165, 1.54) is 42.7 Å². The van der Waals surface area contributed by atoms with Crippen molar-refractivity contribution < 1.29 is 22.7 Å². The van der Waals surface area contributed by atoms with Gasteiger partial charge in [-0.15, -0.1) is 11.3 Å². The van der Waals surface area contributed by atoms with Crippen molar-refractivity contribution in [1.29, 1.82) is 0 Å². The third-order valence-electron chi connectivity index (χ3n) is 5.40. The lowest BCUT2D eigenvalue weighted by molar-refractivity contribution is -0.116. The number of esters is 1. The second-order valence-electron chi connectivity index (χ2n) is 8.12. The van der Waals surface area contributed by atoms with Crippen LogP contribution >= 0.6 is 22.9 Å². The highest BCUT2D eigenvalue weighted by Crippen LogP contribution is 2.29. The minimum Gasteiger partial charge on any atom is -0.465 e. The summed E-state index contributed by atoms with van der Waals surface area (Å²) in [5.74, 6) is -0.927. The molecule has 0 saturated heterocycles. The molecule has 4 aromatic rings. The Morgan fingerprint density at radius 3 is 2.47 bits per heavy atom. The summed E-state index contributed by atoms with van der Waals surface area (Å²) in [6.45, 7) is 1.54. The SMILES string of the molecule is COC(=O)c1cc2cc(NC(=O)CN(Cc3cccc(C)c3)S(=O)(=O)c3ccc(Cl)cc3)ccc2s1. The molecule has 10 heteroatoms. The van der Waals surface area contributed by atoms with Crippen LogP contribution in [-0.2, 0) is 26.1 Å². The van der Waals surface area contributed by atoms with Gasteiger partial charge in [-0.25, -0.2) is 13.2 Å². The van der Waals surface area contributed by atoms with E-state index in [1.807, 2.05) is 31.2 Å². The van der Waals surface area contributed by atoms with E-state index in [0.29, 0.717) is 15.6 Å². The molecule has 1 N–H and O–H groups in total. The van der Waals surface area contributed by atoms with Gasteiger partial charge in [-0.1, -0.05) is 41.4 Å². The van der Waals surface area contributed by atoms with E-state index in [4.69, 9.17) is 16.3 Å². The van der Waals surface area contributed by atoms with E-state index >= 15 is 0 Å². The van der Waals surface area contributed by atoms with Crippen LogP contribution in [0.15, 0.2) is 77.7 Å². The molecule has 3 aromatic carbocycles. The molecule has 7 nitrogen and oxygen atoms in total. The number of hydrogen-bond donors (Lipinski definition) is 1. The van der Waals surface area contributed by atoms with E-state index in [1.54, 1.807) is 24.3 Å². The summed E-state index contributed by atoms with van der Waals surface area (Å²) in [7, 11) is -2.68. The zero-order valence-electron chi connectivity index (χ0n) is 19.5. The molecule has 1 amide bonds. The number of carbonyl (C=O) groups excluding carboxylic acids is 2. The minimum atomic E-state index is -4.00. The normalized spacial score (nSPS) is 11.6. The van der Waals surface area contributed by atoms with Crippen molar-refractivity contribution >= 4 is 60.6 Å². The molecule has 36 heavy (non-hydrogen) atoms. The van der Waals surface area contributed by atoms with Crippen LogP contribution in [0.5, 0.6) is 0 Å². The molecule has 186 valence electrons. The minimum absolute atomic E-state index is 0.0200. The van der Waals surface area contributed by atoms with Gasteiger partial charge < -0.3 is 10.1 Å². The van der Waals surface area contributed by atoms with Gasteiger partial charge in [0.15, 0.2) is 0 Å². The number of sulfonamides is 1. The molecule has 0 aliphatic rings. The van der Waals surface area contributed by atoms with Crippen LogP contribution in [-0.4, -0.2) is 38.3 Å². The number of nitrogens with one attached hydrogen (secondary N) is 1.